The predicted octanol–water partition coefficient (Wildman–Crippen LogP) is 0.557. The molecule has 0 fully saturated rings. The minimum atomic E-state index is 0. The number of benzene rings is 2. The van der Waals surface area contributed by atoms with E-state index in [1.807, 2.05) is 47.0 Å². The van der Waals surface area contributed by atoms with Crippen LogP contribution in [0, 0.1) is 0 Å². The van der Waals surface area contributed by atoms with Gasteiger partial charge in [0.15, 0.2) is 5.82 Å². The molecule has 3 rings (SSSR count). The molecule has 0 radical (unpaired) electrons. The Balaban J connectivity index is 0.00000161. The maximum atomic E-state index is 5.91. The normalized spacial score (nSPS) is 10.1. The van der Waals surface area contributed by atoms with E-state index < -0.39 is 0 Å². The van der Waals surface area contributed by atoms with Gasteiger partial charge in [0.05, 0.1) is 0 Å². The Hall–Kier alpha value is -0.910. The van der Waals surface area contributed by atoms with Gasteiger partial charge in [-0.1, -0.05) is 41.9 Å². The number of nitrogens with zero attached hydrogens (tertiary/aromatic N) is 3. The Morgan fingerprint density at radius 1 is 0.952 bits per heavy atom. The Bertz CT molecular complexity index is 714. The molecule has 1 aromatic heterocycles. The molecule has 0 saturated carbocycles. The van der Waals surface area contributed by atoms with Crippen LogP contribution in [0.4, 0.5) is 0 Å². The van der Waals surface area contributed by atoms with E-state index in [1.165, 1.54) is 0 Å². The molecule has 3 aromatic rings. The van der Waals surface area contributed by atoms with Crippen LogP contribution in [0.3, 0.4) is 0 Å². The second-order valence-electron chi connectivity index (χ2n) is 4.38. The van der Waals surface area contributed by atoms with Crippen molar-refractivity contribution in [1.82, 2.24) is 14.8 Å². The number of hydrogen-bond donors (Lipinski definition) is 0. The summed E-state index contributed by atoms with van der Waals surface area (Å²) in [6, 6.07) is 17.6. The fraction of sp³-hybridized carbons (Fsp3) is 0.0667. The fourth-order valence-corrected chi connectivity index (χ4v) is 2.33. The quantitative estimate of drug-likeness (QED) is 0.521. The van der Waals surface area contributed by atoms with Gasteiger partial charge >= 0.3 is 29.6 Å². The summed E-state index contributed by atoms with van der Waals surface area (Å²) in [7, 11) is 0. The molecule has 2 aromatic carbocycles. The van der Waals surface area contributed by atoms with Crippen LogP contribution >= 0.6 is 11.6 Å². The smallest absolute Gasteiger partial charge is 0.740 e. The Kier molecular flexibility index (Phi) is 5.79. The largest absolute Gasteiger partial charge is 1.00 e. The number of rotatable bonds is 3. The molecule has 0 N–H and O–H groups in total. The first-order valence-corrected chi connectivity index (χ1v) is 6.93. The Labute approximate surface area is 156 Å². The summed E-state index contributed by atoms with van der Waals surface area (Å²) in [5, 5.41) is 9.36. The van der Waals surface area contributed by atoms with Crippen molar-refractivity contribution >= 4 is 24.2 Å². The molecular weight excluding hydrogens is 313 g/mol. The van der Waals surface area contributed by atoms with E-state index in [1.54, 1.807) is 0 Å². The maximum absolute atomic E-state index is 5.91. The third kappa shape index (κ3) is 3.84. The van der Waals surface area contributed by atoms with Gasteiger partial charge in [0.25, 0.3) is 0 Å². The zero-order valence-corrected chi connectivity index (χ0v) is 15.1. The molecule has 0 saturated heterocycles. The second-order valence-corrected chi connectivity index (χ2v) is 5.19. The molecule has 21 heavy (non-hydrogen) atoms. The summed E-state index contributed by atoms with van der Waals surface area (Å²) in [4.78, 5) is 0. The summed E-state index contributed by atoms with van der Waals surface area (Å²) in [5.41, 5.74) is 2.11. The van der Waals surface area contributed by atoms with E-state index in [-0.39, 0.29) is 29.6 Å². The molecule has 100 valence electrons. The van der Waals surface area contributed by atoms with Crippen molar-refractivity contribution in [3.05, 3.63) is 65.2 Å². The van der Waals surface area contributed by atoms with Gasteiger partial charge in [0.2, 0.25) is 0 Å². The van der Waals surface area contributed by atoms with Crippen molar-refractivity contribution in [3.63, 3.8) is 0 Å². The van der Waals surface area contributed by atoms with Crippen molar-refractivity contribution in [1.29, 1.82) is 0 Å². The van der Waals surface area contributed by atoms with E-state index in [0.717, 1.165) is 17.0 Å². The first kappa shape index (κ1) is 16.5. The summed E-state index contributed by atoms with van der Waals surface area (Å²) in [5.74, 6) is 0.760. The molecule has 6 heteroatoms. The molecule has 0 aliphatic carbocycles. The first-order valence-electron chi connectivity index (χ1n) is 6.14. The number of hydrogen-bond acceptors (Lipinski definition) is 3. The molecule has 0 aliphatic rings. The van der Waals surface area contributed by atoms with Crippen molar-refractivity contribution in [2.45, 2.75) is 11.7 Å². The van der Waals surface area contributed by atoms with Gasteiger partial charge in [-0.05, 0) is 29.8 Å². The van der Waals surface area contributed by atoms with E-state index in [9.17, 15) is 0 Å². The number of aromatic nitrogens is 3. The van der Waals surface area contributed by atoms with Crippen molar-refractivity contribution in [2.24, 2.45) is 0 Å². The van der Waals surface area contributed by atoms with Gasteiger partial charge in [-0.3, -0.25) is 0 Å². The number of halogens is 1. The van der Waals surface area contributed by atoms with Gasteiger partial charge in [0, 0.05) is 22.3 Å². The molecule has 0 unspecified atom stereocenters. The summed E-state index contributed by atoms with van der Waals surface area (Å²) in [6.45, 7) is 0.657. The molecule has 0 aliphatic heterocycles. The van der Waals surface area contributed by atoms with Crippen LogP contribution in [-0.2, 0) is 19.2 Å². The zero-order chi connectivity index (χ0) is 13.9. The van der Waals surface area contributed by atoms with Crippen LogP contribution in [0.1, 0.15) is 5.56 Å². The minimum absolute atomic E-state index is 0. The summed E-state index contributed by atoms with van der Waals surface area (Å²) >= 11 is 11.2. The average molecular weight is 324 g/mol. The summed E-state index contributed by atoms with van der Waals surface area (Å²) < 4.78 is 1.92. The monoisotopic (exact) mass is 323 g/mol. The molecule has 0 spiro atoms. The van der Waals surface area contributed by atoms with Crippen LogP contribution < -0.4 is 29.6 Å². The maximum Gasteiger partial charge on any atom is 1.00 e. The third-order valence-electron chi connectivity index (χ3n) is 3.00. The van der Waals surface area contributed by atoms with Crippen LogP contribution in [0.15, 0.2) is 59.8 Å². The Morgan fingerprint density at radius 2 is 1.62 bits per heavy atom. The van der Waals surface area contributed by atoms with Gasteiger partial charge in [-0.2, -0.15) is 5.10 Å². The molecule has 3 nitrogen and oxygen atoms in total. The van der Waals surface area contributed by atoms with Crippen LogP contribution in [0.5, 0.6) is 0 Å². The van der Waals surface area contributed by atoms with E-state index in [4.69, 9.17) is 24.2 Å². The molecule has 0 atom stereocenters. The molecule has 1 heterocycles. The molecule has 0 bridgehead atoms. The van der Waals surface area contributed by atoms with E-state index in [2.05, 4.69) is 22.3 Å². The Morgan fingerprint density at radius 3 is 2.29 bits per heavy atom. The topological polar surface area (TPSA) is 30.7 Å². The van der Waals surface area contributed by atoms with Gasteiger partial charge in [-0.15, -0.1) is 5.10 Å². The fourth-order valence-electron chi connectivity index (χ4n) is 2.01. The second kappa shape index (κ2) is 7.38. The molecule has 0 amide bonds. The molecular formula is C15H11ClN3NaS. The van der Waals surface area contributed by atoms with Gasteiger partial charge < -0.3 is 17.2 Å². The minimum Gasteiger partial charge on any atom is -0.740 e. The van der Waals surface area contributed by atoms with Crippen LogP contribution in [0.2, 0.25) is 5.02 Å². The van der Waals surface area contributed by atoms with Crippen LogP contribution in [0.25, 0.3) is 11.4 Å². The van der Waals surface area contributed by atoms with Crippen molar-refractivity contribution < 1.29 is 29.6 Å². The van der Waals surface area contributed by atoms with Gasteiger partial charge in [0.1, 0.15) is 0 Å². The predicted molar refractivity (Wildman–Crippen MR) is 81.6 cm³/mol. The van der Waals surface area contributed by atoms with Crippen molar-refractivity contribution in [2.75, 3.05) is 0 Å². The van der Waals surface area contributed by atoms with Crippen molar-refractivity contribution in [3.8, 4) is 11.4 Å². The van der Waals surface area contributed by atoms with Crippen LogP contribution in [-0.4, -0.2) is 14.8 Å². The zero-order valence-electron chi connectivity index (χ0n) is 11.5. The standard InChI is InChI=1S/C15H12ClN3S.Na/c16-13-8-6-12(7-9-13)14-17-18-15(20)19(14)10-11-4-2-1-3-5-11;/h1-9H,10H2,(H,18,20);/q;+1/p-1. The third-order valence-corrected chi connectivity index (χ3v) is 3.56. The van der Waals surface area contributed by atoms with Gasteiger partial charge in [-0.25, -0.2) is 0 Å². The average Bonchev–Trinajstić information content (AvgIpc) is 2.83. The first-order chi connectivity index (χ1) is 9.74. The summed E-state index contributed by atoms with van der Waals surface area (Å²) in [6.07, 6.45) is 0. The van der Waals surface area contributed by atoms with E-state index in [0.29, 0.717) is 16.7 Å². The SMILES string of the molecule is [Na+].[S-]c1nnc(-c2ccc(Cl)cc2)n1Cc1ccccc1. The van der Waals surface area contributed by atoms with E-state index >= 15 is 0 Å².